The SMILES string of the molecule is COC(=O)[C@H](Cc1cnc(-c2ccc(C(C)(C)C)cc2)[nH]1)NC(=O)[C@@H](N)Cc1c[nH]c2ccccc12. The monoisotopic (exact) mass is 487 g/mol. The fourth-order valence-corrected chi connectivity index (χ4v) is 4.20. The number of rotatable bonds is 8. The molecule has 0 saturated carbocycles. The molecule has 8 heteroatoms. The molecule has 188 valence electrons. The van der Waals surface area contributed by atoms with Crippen molar-refractivity contribution >= 4 is 22.8 Å². The van der Waals surface area contributed by atoms with E-state index in [2.05, 4.69) is 53.2 Å². The predicted octanol–water partition coefficient (Wildman–Crippen LogP) is 3.63. The van der Waals surface area contributed by atoms with Crippen LogP contribution in [-0.4, -0.2) is 46.0 Å². The van der Waals surface area contributed by atoms with E-state index in [-0.39, 0.29) is 11.8 Å². The van der Waals surface area contributed by atoms with E-state index >= 15 is 0 Å². The Morgan fingerprint density at radius 3 is 2.50 bits per heavy atom. The molecule has 36 heavy (non-hydrogen) atoms. The minimum atomic E-state index is -0.895. The van der Waals surface area contributed by atoms with Gasteiger partial charge in [-0.2, -0.15) is 0 Å². The molecule has 2 aromatic heterocycles. The molecule has 0 unspecified atom stereocenters. The number of aromatic nitrogens is 3. The maximum absolute atomic E-state index is 12.9. The summed E-state index contributed by atoms with van der Waals surface area (Å²) < 4.78 is 4.93. The first kappa shape index (κ1) is 25.2. The van der Waals surface area contributed by atoms with Crippen molar-refractivity contribution in [1.29, 1.82) is 0 Å². The number of imidazole rings is 1. The van der Waals surface area contributed by atoms with Gasteiger partial charge in [0.25, 0.3) is 0 Å². The standard InChI is InChI=1S/C28H33N5O3/c1-28(2,3)19-11-9-17(10-12-19)25-31-16-20(32-25)14-24(27(35)36-4)33-26(34)22(29)13-18-15-30-23-8-6-5-7-21(18)23/h5-12,15-16,22,24,30H,13-14,29H2,1-4H3,(H,31,32)(H,33,34)/t22-,24-/m0/s1. The smallest absolute Gasteiger partial charge is 0.328 e. The highest BCUT2D eigenvalue weighted by atomic mass is 16.5. The Morgan fingerprint density at radius 1 is 1.08 bits per heavy atom. The Labute approximate surface area is 210 Å². The van der Waals surface area contributed by atoms with E-state index in [0.29, 0.717) is 17.9 Å². The zero-order chi connectivity index (χ0) is 25.9. The van der Waals surface area contributed by atoms with Crippen LogP contribution in [0.2, 0.25) is 0 Å². The Balaban J connectivity index is 1.43. The number of para-hydroxylation sites is 1. The second kappa shape index (κ2) is 10.4. The number of ether oxygens (including phenoxy) is 1. The van der Waals surface area contributed by atoms with Gasteiger partial charge >= 0.3 is 5.97 Å². The molecule has 0 fully saturated rings. The number of esters is 1. The zero-order valence-corrected chi connectivity index (χ0v) is 21.1. The molecule has 5 N–H and O–H groups in total. The van der Waals surface area contributed by atoms with E-state index in [1.807, 2.05) is 42.6 Å². The summed E-state index contributed by atoms with van der Waals surface area (Å²) in [7, 11) is 1.29. The highest BCUT2D eigenvalue weighted by Gasteiger charge is 2.26. The van der Waals surface area contributed by atoms with Crippen molar-refractivity contribution in [1.82, 2.24) is 20.3 Å². The van der Waals surface area contributed by atoms with Gasteiger partial charge in [0.1, 0.15) is 11.9 Å². The molecule has 2 atom stereocenters. The first-order chi connectivity index (χ1) is 17.2. The van der Waals surface area contributed by atoms with Gasteiger partial charge in [-0.3, -0.25) is 4.79 Å². The number of aromatic amines is 2. The Kier molecular flexibility index (Phi) is 7.26. The molecule has 0 spiro atoms. The Morgan fingerprint density at radius 2 is 1.81 bits per heavy atom. The van der Waals surface area contributed by atoms with Gasteiger partial charge in [0.15, 0.2) is 0 Å². The number of H-pyrrole nitrogens is 2. The third-order valence-corrected chi connectivity index (χ3v) is 6.33. The van der Waals surface area contributed by atoms with E-state index < -0.39 is 24.0 Å². The van der Waals surface area contributed by atoms with E-state index in [9.17, 15) is 9.59 Å². The van der Waals surface area contributed by atoms with Crippen LogP contribution in [0.3, 0.4) is 0 Å². The van der Waals surface area contributed by atoms with Crippen LogP contribution in [0.4, 0.5) is 0 Å². The van der Waals surface area contributed by atoms with Crippen LogP contribution in [0.15, 0.2) is 60.9 Å². The van der Waals surface area contributed by atoms with Gasteiger partial charge in [-0.05, 0) is 29.0 Å². The molecule has 0 saturated heterocycles. The number of nitrogens with one attached hydrogen (secondary N) is 3. The average Bonchev–Trinajstić information content (AvgIpc) is 3.50. The average molecular weight is 488 g/mol. The molecular formula is C28H33N5O3. The van der Waals surface area contributed by atoms with Gasteiger partial charge in [-0.15, -0.1) is 0 Å². The summed E-state index contributed by atoms with van der Waals surface area (Å²) in [5.74, 6) is -0.280. The lowest BCUT2D eigenvalue weighted by molar-refractivity contribution is -0.145. The van der Waals surface area contributed by atoms with Crippen molar-refractivity contribution in [2.75, 3.05) is 7.11 Å². The topological polar surface area (TPSA) is 126 Å². The molecular weight excluding hydrogens is 454 g/mol. The van der Waals surface area contributed by atoms with E-state index in [4.69, 9.17) is 10.5 Å². The van der Waals surface area contributed by atoms with Crippen molar-refractivity contribution in [2.24, 2.45) is 5.73 Å². The van der Waals surface area contributed by atoms with Crippen molar-refractivity contribution in [2.45, 2.75) is 51.1 Å². The molecule has 0 aliphatic heterocycles. The number of benzene rings is 2. The molecule has 2 aromatic carbocycles. The molecule has 8 nitrogen and oxygen atoms in total. The summed E-state index contributed by atoms with van der Waals surface area (Å²) in [5.41, 5.74) is 11.1. The normalized spacial score (nSPS) is 13.4. The number of carbonyl (C=O) groups excluding carboxylic acids is 2. The highest BCUT2D eigenvalue weighted by molar-refractivity contribution is 5.89. The number of nitrogens with zero attached hydrogens (tertiary/aromatic N) is 1. The van der Waals surface area contributed by atoms with Gasteiger partial charge in [0, 0.05) is 41.0 Å². The van der Waals surface area contributed by atoms with Gasteiger partial charge in [-0.25, -0.2) is 9.78 Å². The third kappa shape index (κ3) is 5.66. The van der Waals surface area contributed by atoms with E-state index in [1.54, 1.807) is 6.20 Å². The molecule has 0 aliphatic carbocycles. The molecule has 0 radical (unpaired) electrons. The number of methoxy groups -OCH3 is 1. The number of hydrogen-bond donors (Lipinski definition) is 4. The number of nitrogens with two attached hydrogens (primary N) is 1. The second-order valence-electron chi connectivity index (χ2n) is 10.0. The highest BCUT2D eigenvalue weighted by Crippen LogP contribution is 2.25. The number of fused-ring (bicyclic) bond motifs is 1. The minimum absolute atomic E-state index is 0.0633. The maximum atomic E-state index is 12.9. The predicted molar refractivity (Wildman–Crippen MR) is 140 cm³/mol. The van der Waals surface area contributed by atoms with Crippen LogP contribution in [0, 0.1) is 0 Å². The molecule has 0 aliphatic rings. The summed E-state index contributed by atoms with van der Waals surface area (Å²) >= 11 is 0. The lowest BCUT2D eigenvalue weighted by Crippen LogP contribution is -2.50. The maximum Gasteiger partial charge on any atom is 0.328 e. The summed E-state index contributed by atoms with van der Waals surface area (Å²) in [4.78, 5) is 36.2. The van der Waals surface area contributed by atoms with Gasteiger partial charge in [-0.1, -0.05) is 63.2 Å². The van der Waals surface area contributed by atoms with Crippen molar-refractivity contribution in [3.63, 3.8) is 0 Å². The van der Waals surface area contributed by atoms with Gasteiger partial charge in [0.2, 0.25) is 5.91 Å². The second-order valence-corrected chi connectivity index (χ2v) is 10.0. The summed E-state index contributed by atoms with van der Waals surface area (Å²) in [6, 6.07) is 14.3. The van der Waals surface area contributed by atoms with Gasteiger partial charge < -0.3 is 25.8 Å². The first-order valence-electron chi connectivity index (χ1n) is 12.0. The fraction of sp³-hybridized carbons (Fsp3) is 0.321. The first-order valence-corrected chi connectivity index (χ1v) is 12.0. The van der Waals surface area contributed by atoms with Crippen LogP contribution in [0.25, 0.3) is 22.3 Å². The summed E-state index contributed by atoms with van der Waals surface area (Å²) in [5, 5.41) is 3.77. The minimum Gasteiger partial charge on any atom is -0.467 e. The van der Waals surface area contributed by atoms with Crippen molar-refractivity contribution < 1.29 is 14.3 Å². The molecule has 1 amide bonds. The van der Waals surface area contributed by atoms with Crippen LogP contribution in [0.5, 0.6) is 0 Å². The van der Waals surface area contributed by atoms with Crippen LogP contribution >= 0.6 is 0 Å². The zero-order valence-electron chi connectivity index (χ0n) is 21.1. The lowest BCUT2D eigenvalue weighted by Gasteiger charge is -2.19. The van der Waals surface area contributed by atoms with Gasteiger partial charge in [0.05, 0.1) is 13.2 Å². The lowest BCUT2D eigenvalue weighted by atomic mass is 9.87. The molecule has 4 rings (SSSR count). The summed E-state index contributed by atoms with van der Waals surface area (Å²) in [6.45, 7) is 6.50. The molecule has 4 aromatic rings. The number of hydrogen-bond acceptors (Lipinski definition) is 5. The summed E-state index contributed by atoms with van der Waals surface area (Å²) in [6.07, 6.45) is 4.06. The molecule has 0 bridgehead atoms. The van der Waals surface area contributed by atoms with Crippen molar-refractivity contribution in [3.05, 3.63) is 77.7 Å². The van der Waals surface area contributed by atoms with Crippen LogP contribution in [-0.2, 0) is 32.6 Å². The third-order valence-electron chi connectivity index (χ3n) is 6.33. The Bertz CT molecular complexity index is 1350. The largest absolute Gasteiger partial charge is 0.467 e. The molecule has 2 heterocycles. The van der Waals surface area contributed by atoms with Crippen LogP contribution < -0.4 is 11.1 Å². The van der Waals surface area contributed by atoms with Crippen molar-refractivity contribution in [3.8, 4) is 11.4 Å². The number of amides is 1. The quantitative estimate of drug-likeness (QED) is 0.282. The number of carbonyl (C=O) groups is 2. The van der Waals surface area contributed by atoms with E-state index in [1.165, 1.54) is 12.7 Å². The fourth-order valence-electron chi connectivity index (χ4n) is 4.20. The van der Waals surface area contributed by atoms with Crippen LogP contribution in [0.1, 0.15) is 37.6 Å². The Hall–Kier alpha value is -3.91. The van der Waals surface area contributed by atoms with E-state index in [0.717, 1.165) is 22.0 Å².